The molecule has 0 saturated heterocycles. The first-order chi connectivity index (χ1) is 13.6. The molecular formula is C19H21FN4O3S. The van der Waals surface area contributed by atoms with E-state index in [2.05, 4.69) is 15.5 Å². The Morgan fingerprint density at radius 1 is 1.25 bits per heavy atom. The third-order valence-corrected chi connectivity index (χ3v) is 5.00. The monoisotopic (exact) mass is 404 g/mol. The first kappa shape index (κ1) is 20.2. The van der Waals surface area contributed by atoms with Crippen molar-refractivity contribution in [3.8, 4) is 11.4 Å². The Bertz CT molecular complexity index is 922. The highest BCUT2D eigenvalue weighted by atomic mass is 32.2. The molecule has 1 heterocycles. The van der Waals surface area contributed by atoms with Crippen molar-refractivity contribution in [2.45, 2.75) is 24.8 Å². The Hall–Kier alpha value is -2.49. The lowest BCUT2D eigenvalue weighted by atomic mass is 10.2. The van der Waals surface area contributed by atoms with Gasteiger partial charge in [0.2, 0.25) is 5.16 Å². The maximum atomic E-state index is 13.6. The minimum atomic E-state index is -0.749. The molecular weight excluding hydrogens is 383 g/mol. The predicted molar refractivity (Wildman–Crippen MR) is 103 cm³/mol. The van der Waals surface area contributed by atoms with Crippen LogP contribution in [0.4, 0.5) is 4.39 Å². The number of thioether (sulfide) groups is 1. The summed E-state index contributed by atoms with van der Waals surface area (Å²) in [6, 6.07) is 12.1. The predicted octanol–water partition coefficient (Wildman–Crippen LogP) is 2.79. The Balaban J connectivity index is 1.56. The molecule has 0 saturated carbocycles. The lowest BCUT2D eigenvalue weighted by molar-refractivity contribution is 0.0386. The third-order valence-electron chi connectivity index (χ3n) is 3.93. The summed E-state index contributed by atoms with van der Waals surface area (Å²) in [5, 5.41) is 22.5. The summed E-state index contributed by atoms with van der Waals surface area (Å²) >= 11 is 1.30. The second kappa shape index (κ2) is 9.63. The van der Waals surface area contributed by atoms with Gasteiger partial charge in [0, 0.05) is 11.3 Å². The molecule has 7 nitrogen and oxygen atoms in total. The van der Waals surface area contributed by atoms with Crippen LogP contribution in [0.15, 0.2) is 47.6 Å². The van der Waals surface area contributed by atoms with E-state index in [9.17, 15) is 9.50 Å². The second-order valence-corrected chi connectivity index (χ2v) is 7.11. The fourth-order valence-electron chi connectivity index (χ4n) is 2.52. The van der Waals surface area contributed by atoms with Crippen molar-refractivity contribution in [1.29, 1.82) is 0 Å². The van der Waals surface area contributed by atoms with Crippen molar-refractivity contribution < 1.29 is 19.0 Å². The van der Waals surface area contributed by atoms with Gasteiger partial charge in [0.1, 0.15) is 17.3 Å². The molecule has 3 rings (SSSR count). The molecule has 0 unspecified atom stereocenters. The zero-order chi connectivity index (χ0) is 19.9. The summed E-state index contributed by atoms with van der Waals surface area (Å²) in [7, 11) is 1.59. The number of halogens is 1. The molecule has 0 fully saturated rings. The first-order valence-electron chi connectivity index (χ1n) is 8.64. The quantitative estimate of drug-likeness (QED) is 0.549. The number of aryl methyl sites for hydroxylation is 1. The van der Waals surface area contributed by atoms with Gasteiger partial charge in [-0.05, 0) is 41.1 Å². The van der Waals surface area contributed by atoms with Crippen molar-refractivity contribution in [2.75, 3.05) is 19.5 Å². The van der Waals surface area contributed by atoms with E-state index in [1.54, 1.807) is 30.0 Å². The number of aromatic nitrogens is 4. The van der Waals surface area contributed by atoms with Gasteiger partial charge in [-0.25, -0.2) is 4.39 Å². The van der Waals surface area contributed by atoms with Crippen LogP contribution in [0.3, 0.4) is 0 Å². The number of ether oxygens (including phenoxy) is 2. The average Bonchev–Trinajstić information content (AvgIpc) is 3.16. The highest BCUT2D eigenvalue weighted by Crippen LogP contribution is 2.27. The van der Waals surface area contributed by atoms with Crippen LogP contribution < -0.4 is 4.74 Å². The SMILES string of the molecule is COc1ccc(C)cc1-n1nnnc1SC[C@H](O)COCc1ccccc1F. The number of methoxy groups -OCH3 is 1. The van der Waals surface area contributed by atoms with Gasteiger partial charge in [-0.2, -0.15) is 4.68 Å². The average molecular weight is 404 g/mol. The number of rotatable bonds is 9. The van der Waals surface area contributed by atoms with Crippen molar-refractivity contribution in [3.05, 3.63) is 59.4 Å². The minimum absolute atomic E-state index is 0.0800. The lowest BCUT2D eigenvalue weighted by Gasteiger charge is -2.12. The number of tetrazole rings is 1. The van der Waals surface area contributed by atoms with E-state index in [1.165, 1.54) is 17.8 Å². The summed E-state index contributed by atoms with van der Waals surface area (Å²) < 4.78 is 25.9. The standard InChI is InChI=1S/C19H21FN4O3S/c1-13-7-8-18(26-2)17(9-13)24-19(21-22-23-24)28-12-15(25)11-27-10-14-5-3-4-6-16(14)20/h3-9,15,25H,10-12H2,1-2H3/t15-/m1/s1. The molecule has 3 aromatic rings. The summed E-state index contributed by atoms with van der Waals surface area (Å²) in [5.41, 5.74) is 2.22. The zero-order valence-corrected chi connectivity index (χ0v) is 16.4. The molecule has 0 aliphatic heterocycles. The van der Waals surface area contributed by atoms with Crippen molar-refractivity contribution in [3.63, 3.8) is 0 Å². The van der Waals surface area contributed by atoms with Crippen molar-refractivity contribution >= 4 is 11.8 Å². The second-order valence-electron chi connectivity index (χ2n) is 6.12. The molecule has 1 aromatic heterocycles. The number of nitrogens with zero attached hydrogens (tertiary/aromatic N) is 4. The maximum absolute atomic E-state index is 13.6. The fourth-order valence-corrected chi connectivity index (χ4v) is 3.31. The molecule has 1 atom stereocenters. The zero-order valence-electron chi connectivity index (χ0n) is 15.6. The summed E-state index contributed by atoms with van der Waals surface area (Å²) in [5.74, 6) is 0.650. The normalized spacial score (nSPS) is 12.1. The molecule has 0 aliphatic rings. The van der Waals surface area contributed by atoms with E-state index in [-0.39, 0.29) is 19.0 Å². The van der Waals surface area contributed by atoms with Gasteiger partial charge in [-0.15, -0.1) is 5.10 Å². The van der Waals surface area contributed by atoms with E-state index in [0.717, 1.165) is 11.3 Å². The topological polar surface area (TPSA) is 82.3 Å². The summed E-state index contributed by atoms with van der Waals surface area (Å²) in [6.07, 6.45) is -0.749. The van der Waals surface area contributed by atoms with Gasteiger partial charge >= 0.3 is 0 Å². The van der Waals surface area contributed by atoms with Crippen molar-refractivity contribution in [2.24, 2.45) is 0 Å². The number of hydrogen-bond acceptors (Lipinski definition) is 7. The third kappa shape index (κ3) is 5.06. The number of hydrogen-bond donors (Lipinski definition) is 1. The van der Waals surface area contributed by atoms with Crippen LogP contribution in [-0.4, -0.2) is 50.9 Å². The van der Waals surface area contributed by atoms with Gasteiger partial charge in [0.25, 0.3) is 0 Å². The molecule has 0 amide bonds. The molecule has 28 heavy (non-hydrogen) atoms. The van der Waals surface area contributed by atoms with Gasteiger partial charge < -0.3 is 14.6 Å². The highest BCUT2D eigenvalue weighted by molar-refractivity contribution is 7.99. The van der Waals surface area contributed by atoms with E-state index in [1.807, 2.05) is 25.1 Å². The van der Waals surface area contributed by atoms with Crippen LogP contribution in [-0.2, 0) is 11.3 Å². The van der Waals surface area contributed by atoms with Gasteiger partial charge in [-0.1, -0.05) is 36.0 Å². The molecule has 148 valence electrons. The van der Waals surface area contributed by atoms with Gasteiger partial charge in [0.05, 0.1) is 26.4 Å². The minimum Gasteiger partial charge on any atom is -0.494 e. The van der Waals surface area contributed by atoms with E-state index >= 15 is 0 Å². The number of aliphatic hydroxyl groups is 1. The van der Waals surface area contributed by atoms with Crippen molar-refractivity contribution in [1.82, 2.24) is 20.2 Å². The van der Waals surface area contributed by atoms with Gasteiger partial charge in [0.15, 0.2) is 0 Å². The van der Waals surface area contributed by atoms with E-state index < -0.39 is 6.10 Å². The van der Waals surface area contributed by atoms with Crippen LogP contribution in [0.25, 0.3) is 5.69 Å². The molecule has 0 bridgehead atoms. The van der Waals surface area contributed by atoms with Crippen LogP contribution >= 0.6 is 11.8 Å². The van der Waals surface area contributed by atoms with E-state index in [4.69, 9.17) is 9.47 Å². The van der Waals surface area contributed by atoms with Crippen LogP contribution in [0.5, 0.6) is 5.75 Å². The first-order valence-corrected chi connectivity index (χ1v) is 9.62. The fraction of sp³-hybridized carbons (Fsp3) is 0.316. The molecule has 9 heteroatoms. The number of benzene rings is 2. The molecule has 0 aliphatic carbocycles. The largest absolute Gasteiger partial charge is 0.494 e. The van der Waals surface area contributed by atoms with Crippen LogP contribution in [0.1, 0.15) is 11.1 Å². The van der Waals surface area contributed by atoms with Crippen LogP contribution in [0, 0.1) is 12.7 Å². The molecule has 0 radical (unpaired) electrons. The maximum Gasteiger partial charge on any atom is 0.214 e. The lowest BCUT2D eigenvalue weighted by Crippen LogP contribution is -2.18. The molecule has 2 aromatic carbocycles. The smallest absolute Gasteiger partial charge is 0.214 e. The molecule has 0 spiro atoms. The van der Waals surface area contributed by atoms with Gasteiger partial charge in [-0.3, -0.25) is 0 Å². The summed E-state index contributed by atoms with van der Waals surface area (Å²) in [4.78, 5) is 0. The Morgan fingerprint density at radius 3 is 2.86 bits per heavy atom. The molecule has 1 N–H and O–H groups in total. The Labute approximate surface area is 166 Å². The highest BCUT2D eigenvalue weighted by Gasteiger charge is 2.16. The van der Waals surface area contributed by atoms with Crippen LogP contribution in [0.2, 0.25) is 0 Å². The van der Waals surface area contributed by atoms with E-state index in [0.29, 0.717) is 22.2 Å². The summed E-state index contributed by atoms with van der Waals surface area (Å²) in [6.45, 7) is 2.15. The Kier molecular flexibility index (Phi) is 6.96. The number of aliphatic hydroxyl groups excluding tert-OH is 1. The Morgan fingerprint density at radius 2 is 2.07 bits per heavy atom.